The van der Waals surface area contributed by atoms with E-state index in [-0.39, 0.29) is 5.92 Å². The molecule has 2 aromatic rings. The Labute approximate surface area is 109 Å². The Morgan fingerprint density at radius 3 is 1.50 bits per heavy atom. The quantitative estimate of drug-likeness (QED) is 0.784. The minimum absolute atomic E-state index is 0.215. The minimum Gasteiger partial charge on any atom is -0.197 e. The van der Waals surface area contributed by atoms with E-state index >= 15 is 0 Å². The van der Waals surface area contributed by atoms with Crippen LogP contribution in [0.25, 0.3) is 0 Å². The highest BCUT2D eigenvalue weighted by Crippen LogP contribution is 2.38. The van der Waals surface area contributed by atoms with E-state index < -0.39 is 5.41 Å². The molecule has 0 saturated carbocycles. The Morgan fingerprint density at radius 1 is 0.833 bits per heavy atom. The van der Waals surface area contributed by atoms with Crippen LogP contribution in [0.2, 0.25) is 0 Å². The normalized spacial score (nSPS) is 11.2. The average molecular weight is 235 g/mol. The van der Waals surface area contributed by atoms with Crippen LogP contribution in [0.5, 0.6) is 0 Å². The highest BCUT2D eigenvalue weighted by molar-refractivity contribution is 5.46. The van der Waals surface area contributed by atoms with E-state index in [1.165, 1.54) is 0 Å². The predicted octanol–water partition coefficient (Wildman–Crippen LogP) is 4.15. The molecule has 0 bridgehead atoms. The number of hydrogen-bond donors (Lipinski definition) is 0. The summed E-state index contributed by atoms with van der Waals surface area (Å²) in [6.07, 6.45) is 0. The van der Waals surface area contributed by atoms with Crippen molar-refractivity contribution in [1.29, 1.82) is 5.26 Å². The first-order chi connectivity index (χ1) is 8.71. The summed E-state index contributed by atoms with van der Waals surface area (Å²) in [7, 11) is 0. The van der Waals surface area contributed by atoms with Crippen molar-refractivity contribution in [3.63, 3.8) is 0 Å². The van der Waals surface area contributed by atoms with Crippen molar-refractivity contribution in [2.45, 2.75) is 19.3 Å². The standard InChI is InChI=1S/C17H17N/c1-14(2)17(13-18,15-9-5-3-6-10-15)16-11-7-4-8-12-16/h3-12,14H,1-2H3. The number of nitriles is 1. The molecule has 0 aromatic heterocycles. The van der Waals surface area contributed by atoms with Crippen LogP contribution < -0.4 is 0 Å². The summed E-state index contributed by atoms with van der Waals surface area (Å²) >= 11 is 0. The van der Waals surface area contributed by atoms with E-state index in [1.807, 2.05) is 60.7 Å². The van der Waals surface area contributed by atoms with Crippen molar-refractivity contribution >= 4 is 0 Å². The molecule has 18 heavy (non-hydrogen) atoms. The van der Waals surface area contributed by atoms with Gasteiger partial charge in [0.05, 0.1) is 6.07 Å². The van der Waals surface area contributed by atoms with Crippen molar-refractivity contribution in [1.82, 2.24) is 0 Å². The van der Waals surface area contributed by atoms with Gasteiger partial charge >= 0.3 is 0 Å². The first-order valence-electron chi connectivity index (χ1n) is 6.24. The minimum atomic E-state index is -0.567. The fourth-order valence-corrected chi connectivity index (χ4v) is 2.49. The van der Waals surface area contributed by atoms with Crippen molar-refractivity contribution in [2.75, 3.05) is 0 Å². The maximum Gasteiger partial charge on any atom is 0.109 e. The zero-order valence-corrected chi connectivity index (χ0v) is 10.8. The summed E-state index contributed by atoms with van der Waals surface area (Å²) in [5, 5.41) is 9.80. The molecule has 0 amide bonds. The molecule has 1 heteroatoms. The second-order valence-corrected chi connectivity index (χ2v) is 4.81. The molecule has 0 aliphatic heterocycles. The van der Waals surface area contributed by atoms with Gasteiger partial charge in [0.25, 0.3) is 0 Å². The van der Waals surface area contributed by atoms with E-state index in [9.17, 15) is 5.26 Å². The van der Waals surface area contributed by atoms with Gasteiger partial charge in [-0.3, -0.25) is 0 Å². The van der Waals surface area contributed by atoms with Crippen LogP contribution in [0, 0.1) is 17.2 Å². The Morgan fingerprint density at radius 2 is 1.22 bits per heavy atom. The monoisotopic (exact) mass is 235 g/mol. The molecule has 0 N–H and O–H groups in total. The highest BCUT2D eigenvalue weighted by Gasteiger charge is 2.37. The van der Waals surface area contributed by atoms with E-state index in [0.29, 0.717) is 0 Å². The van der Waals surface area contributed by atoms with Gasteiger partial charge in [-0.1, -0.05) is 74.5 Å². The smallest absolute Gasteiger partial charge is 0.109 e. The molecule has 0 unspecified atom stereocenters. The van der Waals surface area contributed by atoms with Crippen molar-refractivity contribution in [2.24, 2.45) is 5.92 Å². The molecule has 1 nitrogen and oxygen atoms in total. The number of nitrogens with zero attached hydrogens (tertiary/aromatic N) is 1. The van der Waals surface area contributed by atoms with Gasteiger partial charge in [-0.25, -0.2) is 0 Å². The van der Waals surface area contributed by atoms with Crippen LogP contribution in [0.15, 0.2) is 60.7 Å². The average Bonchev–Trinajstić information content (AvgIpc) is 2.42. The zero-order valence-electron chi connectivity index (χ0n) is 10.8. The lowest BCUT2D eigenvalue weighted by Gasteiger charge is -2.31. The van der Waals surface area contributed by atoms with Crippen LogP contribution in [-0.2, 0) is 5.41 Å². The number of benzene rings is 2. The van der Waals surface area contributed by atoms with Gasteiger partial charge in [0, 0.05) is 0 Å². The Kier molecular flexibility index (Phi) is 3.48. The van der Waals surface area contributed by atoms with Gasteiger partial charge in [0.1, 0.15) is 5.41 Å². The summed E-state index contributed by atoms with van der Waals surface area (Å²) in [6.45, 7) is 4.20. The molecule has 0 saturated heterocycles. The third-order valence-electron chi connectivity index (χ3n) is 3.50. The van der Waals surface area contributed by atoms with E-state index in [0.717, 1.165) is 11.1 Å². The molecular weight excluding hydrogens is 218 g/mol. The molecule has 0 aliphatic carbocycles. The van der Waals surface area contributed by atoms with Crippen molar-refractivity contribution in [3.05, 3.63) is 71.8 Å². The first-order valence-corrected chi connectivity index (χ1v) is 6.24. The van der Waals surface area contributed by atoms with Crippen LogP contribution >= 0.6 is 0 Å². The molecule has 0 atom stereocenters. The largest absolute Gasteiger partial charge is 0.197 e. The van der Waals surface area contributed by atoms with Crippen molar-refractivity contribution in [3.8, 4) is 6.07 Å². The Hall–Kier alpha value is -2.07. The molecule has 0 heterocycles. The van der Waals surface area contributed by atoms with E-state index in [1.54, 1.807) is 0 Å². The van der Waals surface area contributed by atoms with Crippen LogP contribution in [0.1, 0.15) is 25.0 Å². The fraction of sp³-hybridized carbons (Fsp3) is 0.235. The maximum atomic E-state index is 9.80. The molecule has 0 fully saturated rings. The topological polar surface area (TPSA) is 23.8 Å². The van der Waals surface area contributed by atoms with E-state index in [2.05, 4.69) is 19.9 Å². The number of hydrogen-bond acceptors (Lipinski definition) is 1. The molecular formula is C17H17N. The predicted molar refractivity (Wildman–Crippen MR) is 74.1 cm³/mol. The summed E-state index contributed by atoms with van der Waals surface area (Å²) < 4.78 is 0. The third kappa shape index (κ3) is 1.91. The Balaban J connectivity index is 2.67. The third-order valence-corrected chi connectivity index (χ3v) is 3.50. The molecule has 90 valence electrons. The lowest BCUT2D eigenvalue weighted by atomic mass is 9.68. The van der Waals surface area contributed by atoms with Crippen LogP contribution in [0.4, 0.5) is 0 Å². The van der Waals surface area contributed by atoms with E-state index in [4.69, 9.17) is 0 Å². The van der Waals surface area contributed by atoms with Gasteiger partial charge in [-0.05, 0) is 17.0 Å². The summed E-state index contributed by atoms with van der Waals surface area (Å²) in [6, 6.07) is 22.6. The van der Waals surface area contributed by atoms with Gasteiger partial charge < -0.3 is 0 Å². The maximum absolute atomic E-state index is 9.80. The molecule has 2 aromatic carbocycles. The van der Waals surface area contributed by atoms with Crippen molar-refractivity contribution < 1.29 is 0 Å². The zero-order chi connectivity index (χ0) is 13.0. The second kappa shape index (κ2) is 5.06. The van der Waals surface area contributed by atoms with Gasteiger partial charge in [-0.15, -0.1) is 0 Å². The number of rotatable bonds is 3. The molecule has 0 radical (unpaired) electrons. The lowest BCUT2D eigenvalue weighted by Crippen LogP contribution is -2.32. The fourth-order valence-electron chi connectivity index (χ4n) is 2.49. The van der Waals surface area contributed by atoms with Crippen LogP contribution in [0.3, 0.4) is 0 Å². The van der Waals surface area contributed by atoms with Gasteiger partial charge in [-0.2, -0.15) is 5.26 Å². The first kappa shape index (κ1) is 12.4. The lowest BCUT2D eigenvalue weighted by molar-refractivity contribution is 0.463. The molecule has 2 rings (SSSR count). The van der Waals surface area contributed by atoms with Gasteiger partial charge in [0.15, 0.2) is 0 Å². The van der Waals surface area contributed by atoms with Crippen LogP contribution in [-0.4, -0.2) is 0 Å². The summed E-state index contributed by atoms with van der Waals surface area (Å²) in [5.41, 5.74) is 1.56. The highest BCUT2D eigenvalue weighted by atomic mass is 14.4. The molecule has 0 spiro atoms. The summed E-state index contributed by atoms with van der Waals surface area (Å²) in [5.74, 6) is 0.215. The molecule has 0 aliphatic rings. The SMILES string of the molecule is CC(C)C(C#N)(c1ccccc1)c1ccccc1. The second-order valence-electron chi connectivity index (χ2n) is 4.81. The summed E-state index contributed by atoms with van der Waals surface area (Å²) in [4.78, 5) is 0. The van der Waals surface area contributed by atoms with Gasteiger partial charge in [0.2, 0.25) is 0 Å². The Bertz CT molecular complexity index is 495.